The van der Waals surface area contributed by atoms with Crippen molar-refractivity contribution >= 4 is 11.8 Å². The van der Waals surface area contributed by atoms with E-state index in [2.05, 4.69) is 15.7 Å². The normalized spacial score (nSPS) is 12.0. The van der Waals surface area contributed by atoms with Gasteiger partial charge >= 0.3 is 6.03 Å². The first kappa shape index (κ1) is 17.8. The lowest BCUT2D eigenvalue weighted by atomic mass is 10.1. The van der Waals surface area contributed by atoms with Gasteiger partial charge in [0.2, 0.25) is 0 Å². The summed E-state index contributed by atoms with van der Waals surface area (Å²) in [7, 11) is 1.78. The number of benzene rings is 1. The van der Waals surface area contributed by atoms with Gasteiger partial charge in [-0.15, -0.1) is 0 Å². The van der Waals surface area contributed by atoms with E-state index in [9.17, 15) is 15.0 Å². The SMILES string of the molecule is CCc1nn(C)c(NC(=O)N[C@@H](CO)Cc2ccc(O)cc2)c1C. The number of aromatic hydroxyl groups is 1. The van der Waals surface area contributed by atoms with Crippen molar-refractivity contribution in [1.29, 1.82) is 0 Å². The number of anilines is 1. The second kappa shape index (κ2) is 7.83. The van der Waals surface area contributed by atoms with Gasteiger partial charge in [0.05, 0.1) is 18.3 Å². The summed E-state index contributed by atoms with van der Waals surface area (Å²) < 4.78 is 1.64. The minimum absolute atomic E-state index is 0.182. The fraction of sp³-hybridized carbons (Fsp3) is 0.412. The number of hydrogen-bond donors (Lipinski definition) is 4. The van der Waals surface area contributed by atoms with Crippen LogP contribution in [0.5, 0.6) is 5.75 Å². The number of aromatic nitrogens is 2. The third kappa shape index (κ3) is 4.26. The summed E-state index contributed by atoms with van der Waals surface area (Å²) in [6.07, 6.45) is 1.26. The third-order valence-electron chi connectivity index (χ3n) is 3.92. The molecule has 0 saturated heterocycles. The molecule has 0 saturated carbocycles. The fourth-order valence-corrected chi connectivity index (χ4v) is 2.60. The van der Waals surface area contributed by atoms with Crippen molar-refractivity contribution < 1.29 is 15.0 Å². The number of hydrogen-bond acceptors (Lipinski definition) is 4. The standard InChI is InChI=1S/C17H24N4O3/c1-4-15-11(2)16(21(3)20-15)19-17(24)18-13(10-22)9-12-5-7-14(23)8-6-12/h5-8,13,22-23H,4,9-10H2,1-3H3,(H2,18,19,24)/t13-/m1/s1. The van der Waals surface area contributed by atoms with Gasteiger partial charge < -0.3 is 15.5 Å². The van der Waals surface area contributed by atoms with Crippen molar-refractivity contribution in [2.75, 3.05) is 11.9 Å². The highest BCUT2D eigenvalue weighted by atomic mass is 16.3. The molecule has 4 N–H and O–H groups in total. The highest BCUT2D eigenvalue weighted by Crippen LogP contribution is 2.18. The predicted molar refractivity (Wildman–Crippen MR) is 92.2 cm³/mol. The molecule has 0 aliphatic rings. The van der Waals surface area contributed by atoms with E-state index in [4.69, 9.17) is 0 Å². The van der Waals surface area contributed by atoms with Crippen molar-refractivity contribution in [2.24, 2.45) is 7.05 Å². The van der Waals surface area contributed by atoms with E-state index in [1.807, 2.05) is 13.8 Å². The fourth-order valence-electron chi connectivity index (χ4n) is 2.60. The molecule has 24 heavy (non-hydrogen) atoms. The van der Waals surface area contributed by atoms with Crippen LogP contribution in [-0.4, -0.2) is 38.7 Å². The number of aliphatic hydroxyl groups is 1. The Kier molecular flexibility index (Phi) is 5.81. The molecule has 0 aliphatic heterocycles. The van der Waals surface area contributed by atoms with Crippen LogP contribution in [0, 0.1) is 6.92 Å². The number of carbonyl (C=O) groups excluding carboxylic acids is 1. The molecule has 130 valence electrons. The highest BCUT2D eigenvalue weighted by Gasteiger charge is 2.16. The Labute approximate surface area is 141 Å². The molecule has 1 aromatic carbocycles. The van der Waals surface area contributed by atoms with Crippen molar-refractivity contribution in [3.63, 3.8) is 0 Å². The topological polar surface area (TPSA) is 99.4 Å². The first-order valence-electron chi connectivity index (χ1n) is 7.93. The van der Waals surface area contributed by atoms with Crippen LogP contribution in [-0.2, 0) is 19.9 Å². The lowest BCUT2D eigenvalue weighted by Crippen LogP contribution is -2.41. The van der Waals surface area contributed by atoms with Gasteiger partial charge in [0, 0.05) is 12.6 Å². The van der Waals surface area contributed by atoms with Gasteiger partial charge in [0.25, 0.3) is 0 Å². The number of urea groups is 1. The van der Waals surface area contributed by atoms with Crippen molar-refractivity contribution in [3.05, 3.63) is 41.1 Å². The average Bonchev–Trinajstić information content (AvgIpc) is 2.83. The molecule has 0 unspecified atom stereocenters. The second-order valence-electron chi connectivity index (χ2n) is 5.75. The van der Waals surface area contributed by atoms with Gasteiger partial charge in [-0.3, -0.25) is 10.00 Å². The van der Waals surface area contributed by atoms with E-state index in [0.29, 0.717) is 12.2 Å². The first-order valence-corrected chi connectivity index (χ1v) is 7.93. The maximum atomic E-state index is 12.2. The van der Waals surface area contributed by atoms with Gasteiger partial charge in [-0.05, 0) is 37.5 Å². The zero-order chi connectivity index (χ0) is 17.7. The van der Waals surface area contributed by atoms with Crippen molar-refractivity contribution in [1.82, 2.24) is 15.1 Å². The number of aliphatic hydroxyl groups excluding tert-OH is 1. The van der Waals surface area contributed by atoms with Crippen LogP contribution in [0.3, 0.4) is 0 Å². The number of phenols is 1. The van der Waals surface area contributed by atoms with E-state index in [0.717, 1.165) is 23.2 Å². The van der Waals surface area contributed by atoms with Crippen LogP contribution in [0.25, 0.3) is 0 Å². The molecular weight excluding hydrogens is 308 g/mol. The van der Waals surface area contributed by atoms with Crippen LogP contribution in [0.15, 0.2) is 24.3 Å². The summed E-state index contributed by atoms with van der Waals surface area (Å²) in [6, 6.07) is 5.87. The maximum Gasteiger partial charge on any atom is 0.320 e. The van der Waals surface area contributed by atoms with Gasteiger partial charge in [0.15, 0.2) is 0 Å². The smallest absolute Gasteiger partial charge is 0.320 e. The molecule has 7 heteroatoms. The van der Waals surface area contributed by atoms with E-state index in [1.54, 1.807) is 36.0 Å². The molecule has 2 amide bonds. The van der Waals surface area contributed by atoms with Crippen LogP contribution in [0.1, 0.15) is 23.7 Å². The quantitative estimate of drug-likeness (QED) is 0.647. The van der Waals surface area contributed by atoms with Crippen LogP contribution in [0.2, 0.25) is 0 Å². The van der Waals surface area contributed by atoms with Crippen molar-refractivity contribution in [3.8, 4) is 5.75 Å². The van der Waals surface area contributed by atoms with Crippen LogP contribution >= 0.6 is 0 Å². The second-order valence-corrected chi connectivity index (χ2v) is 5.75. The molecule has 1 heterocycles. The summed E-state index contributed by atoms with van der Waals surface area (Å²) in [6.45, 7) is 3.75. The Hall–Kier alpha value is -2.54. The number of rotatable bonds is 6. The largest absolute Gasteiger partial charge is 0.508 e. The summed E-state index contributed by atoms with van der Waals surface area (Å²) in [4.78, 5) is 12.2. The van der Waals surface area contributed by atoms with Gasteiger partial charge in [0.1, 0.15) is 11.6 Å². The maximum absolute atomic E-state index is 12.2. The number of aryl methyl sites for hydroxylation is 2. The summed E-state index contributed by atoms with van der Waals surface area (Å²) >= 11 is 0. The number of nitrogens with one attached hydrogen (secondary N) is 2. The van der Waals surface area contributed by atoms with Crippen molar-refractivity contribution in [2.45, 2.75) is 32.7 Å². The lowest BCUT2D eigenvalue weighted by molar-refractivity contribution is 0.224. The van der Waals surface area contributed by atoms with Crippen LogP contribution < -0.4 is 10.6 Å². The number of phenolic OH excluding ortho intramolecular Hbond substituents is 1. The minimum Gasteiger partial charge on any atom is -0.508 e. The molecule has 0 spiro atoms. The Balaban J connectivity index is 1.99. The van der Waals surface area contributed by atoms with E-state index in [1.165, 1.54) is 0 Å². The van der Waals surface area contributed by atoms with E-state index < -0.39 is 6.04 Å². The number of amides is 2. The monoisotopic (exact) mass is 332 g/mol. The Morgan fingerprint density at radius 3 is 2.54 bits per heavy atom. The van der Waals surface area contributed by atoms with Gasteiger partial charge in [-0.25, -0.2) is 4.79 Å². The Morgan fingerprint density at radius 1 is 1.33 bits per heavy atom. The van der Waals surface area contributed by atoms with E-state index in [-0.39, 0.29) is 18.4 Å². The molecule has 0 bridgehead atoms. The molecule has 0 radical (unpaired) electrons. The number of carbonyl (C=O) groups is 1. The van der Waals surface area contributed by atoms with Gasteiger partial charge in [-0.1, -0.05) is 19.1 Å². The molecule has 0 aliphatic carbocycles. The molecule has 2 aromatic rings. The molecule has 7 nitrogen and oxygen atoms in total. The summed E-state index contributed by atoms with van der Waals surface area (Å²) in [5.41, 5.74) is 2.79. The zero-order valence-electron chi connectivity index (χ0n) is 14.2. The molecule has 2 rings (SSSR count). The minimum atomic E-state index is -0.422. The Morgan fingerprint density at radius 2 is 2.00 bits per heavy atom. The molecular formula is C17H24N4O3. The highest BCUT2D eigenvalue weighted by molar-refractivity contribution is 5.89. The third-order valence-corrected chi connectivity index (χ3v) is 3.92. The van der Waals surface area contributed by atoms with Crippen LogP contribution in [0.4, 0.5) is 10.6 Å². The lowest BCUT2D eigenvalue weighted by Gasteiger charge is -2.17. The average molecular weight is 332 g/mol. The van der Waals surface area contributed by atoms with Gasteiger partial charge in [-0.2, -0.15) is 5.10 Å². The summed E-state index contributed by atoms with van der Waals surface area (Å²) in [5.74, 6) is 0.828. The molecule has 1 atom stereocenters. The van der Waals surface area contributed by atoms with E-state index >= 15 is 0 Å². The molecule has 0 fully saturated rings. The predicted octanol–water partition coefficient (Wildman–Crippen LogP) is 1.72. The number of nitrogens with zero attached hydrogens (tertiary/aromatic N) is 2. The Bertz CT molecular complexity index is 695. The first-order chi connectivity index (χ1) is 11.4. The summed E-state index contributed by atoms with van der Waals surface area (Å²) in [5, 5.41) is 28.7. The molecule has 1 aromatic heterocycles. The zero-order valence-corrected chi connectivity index (χ0v) is 14.2.